The molecule has 0 spiro atoms. The van der Waals surface area contributed by atoms with Crippen molar-refractivity contribution in [1.82, 2.24) is 4.90 Å². The first-order valence-corrected chi connectivity index (χ1v) is 4.47. The molecule has 5 N–H and O–H groups in total. The van der Waals surface area contributed by atoms with Crippen LogP contribution in [0.25, 0.3) is 0 Å². The molecule has 0 radical (unpaired) electrons. The molecule has 1 fully saturated rings. The largest absolute Gasteiger partial charge is 0.480 e. The lowest BCUT2D eigenvalue weighted by Crippen LogP contribution is -2.50. The minimum Gasteiger partial charge on any atom is -0.480 e. The summed E-state index contributed by atoms with van der Waals surface area (Å²) in [7, 11) is 0. The summed E-state index contributed by atoms with van der Waals surface area (Å²) in [6.45, 7) is -0.825. The fourth-order valence-corrected chi connectivity index (χ4v) is 1.75. The van der Waals surface area contributed by atoms with Crippen molar-refractivity contribution >= 4 is 17.9 Å². The van der Waals surface area contributed by atoms with Crippen LogP contribution in [0.2, 0.25) is 0 Å². The topological polar surface area (TPSA) is 141 Å². The molecule has 90 valence electrons. The van der Waals surface area contributed by atoms with Crippen molar-refractivity contribution < 1.29 is 29.7 Å². The fourth-order valence-electron chi connectivity index (χ4n) is 1.75. The lowest BCUT2D eigenvalue weighted by molar-refractivity contribution is -0.145. The van der Waals surface area contributed by atoms with Gasteiger partial charge in [-0.3, -0.25) is 19.3 Å². The third-order valence-corrected chi connectivity index (χ3v) is 2.53. The van der Waals surface area contributed by atoms with Gasteiger partial charge < -0.3 is 21.1 Å². The van der Waals surface area contributed by atoms with E-state index in [4.69, 9.17) is 21.1 Å². The molecule has 0 aliphatic carbocycles. The van der Waals surface area contributed by atoms with Gasteiger partial charge in [0.2, 0.25) is 0 Å². The molecule has 2 atom stereocenters. The molecule has 0 unspecified atom stereocenters. The van der Waals surface area contributed by atoms with E-state index in [9.17, 15) is 14.4 Å². The van der Waals surface area contributed by atoms with Crippen LogP contribution in [-0.2, 0) is 14.4 Å². The van der Waals surface area contributed by atoms with E-state index >= 15 is 0 Å². The third-order valence-electron chi connectivity index (χ3n) is 2.53. The lowest BCUT2D eigenvalue weighted by atomic mass is 9.98. The van der Waals surface area contributed by atoms with Crippen LogP contribution in [0.15, 0.2) is 0 Å². The Morgan fingerprint density at radius 2 is 1.88 bits per heavy atom. The van der Waals surface area contributed by atoms with Gasteiger partial charge in [-0.25, -0.2) is 0 Å². The highest BCUT2D eigenvalue weighted by Gasteiger charge is 2.49. The van der Waals surface area contributed by atoms with E-state index in [2.05, 4.69) is 0 Å². The van der Waals surface area contributed by atoms with Crippen LogP contribution in [0.5, 0.6) is 0 Å². The molecular formula is C8H12N2O6. The van der Waals surface area contributed by atoms with Gasteiger partial charge in [0.05, 0.1) is 6.54 Å². The smallest absolute Gasteiger partial charge is 0.325 e. The van der Waals surface area contributed by atoms with Crippen molar-refractivity contribution in [2.24, 2.45) is 5.73 Å². The number of carboxylic acid groups (broad SMARTS) is 3. The van der Waals surface area contributed by atoms with Crippen molar-refractivity contribution in [2.45, 2.75) is 18.0 Å². The molecule has 0 aromatic heterocycles. The minimum absolute atomic E-state index is 0.286. The minimum atomic E-state index is -1.70. The van der Waals surface area contributed by atoms with E-state index < -0.39 is 36.0 Å². The first-order chi connectivity index (χ1) is 7.26. The molecule has 1 heterocycles. The summed E-state index contributed by atoms with van der Waals surface area (Å²) in [5.41, 5.74) is 3.80. The van der Waals surface area contributed by atoms with Crippen LogP contribution in [0.1, 0.15) is 6.42 Å². The van der Waals surface area contributed by atoms with Crippen LogP contribution in [0.3, 0.4) is 0 Å². The zero-order chi connectivity index (χ0) is 12.5. The summed E-state index contributed by atoms with van der Waals surface area (Å²) in [4.78, 5) is 33.2. The Bertz CT molecular complexity index is 343. The van der Waals surface area contributed by atoms with Gasteiger partial charge in [0, 0.05) is 13.0 Å². The second-order valence-electron chi connectivity index (χ2n) is 3.82. The maximum absolute atomic E-state index is 10.8. The molecule has 8 nitrogen and oxygen atoms in total. The highest BCUT2D eigenvalue weighted by molar-refractivity contribution is 5.84. The molecule has 0 aromatic rings. The monoisotopic (exact) mass is 232 g/mol. The Labute approximate surface area is 90.3 Å². The SMILES string of the molecule is N[C@@]1(C(=O)O)C[C@H](C(=O)O)N(CC(=O)O)C1. The average Bonchev–Trinajstić information content (AvgIpc) is 2.43. The van der Waals surface area contributed by atoms with E-state index in [0.717, 1.165) is 4.90 Å². The standard InChI is InChI=1S/C8H12N2O6/c9-8(7(15)16)1-4(6(13)14)10(3-8)2-5(11)12/h4H,1-3,9H2,(H,11,12)(H,13,14)(H,15,16)/t4-,8+/m1/s1. The number of hydrogen-bond donors (Lipinski definition) is 4. The predicted octanol–water partition coefficient (Wildman–Crippen LogP) is -1.99. The Kier molecular flexibility index (Phi) is 3.15. The van der Waals surface area contributed by atoms with Gasteiger partial charge in [0.15, 0.2) is 0 Å². The Morgan fingerprint density at radius 3 is 2.25 bits per heavy atom. The Hall–Kier alpha value is -1.67. The fraction of sp³-hybridized carbons (Fsp3) is 0.625. The second-order valence-corrected chi connectivity index (χ2v) is 3.82. The first kappa shape index (κ1) is 12.4. The quantitative estimate of drug-likeness (QED) is 0.436. The summed E-state index contributed by atoms with van der Waals surface area (Å²) >= 11 is 0. The number of rotatable bonds is 4. The van der Waals surface area contributed by atoms with Crippen molar-refractivity contribution in [3.05, 3.63) is 0 Å². The van der Waals surface area contributed by atoms with Gasteiger partial charge in [-0.1, -0.05) is 0 Å². The predicted molar refractivity (Wildman–Crippen MR) is 49.8 cm³/mol. The summed E-state index contributed by atoms with van der Waals surface area (Å²) in [6.07, 6.45) is -0.301. The average molecular weight is 232 g/mol. The molecule has 0 saturated carbocycles. The first-order valence-electron chi connectivity index (χ1n) is 4.47. The van der Waals surface area contributed by atoms with Gasteiger partial charge >= 0.3 is 17.9 Å². The van der Waals surface area contributed by atoms with Gasteiger partial charge in [-0.05, 0) is 0 Å². The zero-order valence-electron chi connectivity index (χ0n) is 8.29. The third kappa shape index (κ3) is 2.28. The molecule has 1 rings (SSSR count). The van der Waals surface area contributed by atoms with Crippen molar-refractivity contribution in [2.75, 3.05) is 13.1 Å². The maximum atomic E-state index is 10.8. The molecule has 0 amide bonds. The maximum Gasteiger partial charge on any atom is 0.325 e. The molecule has 1 aliphatic heterocycles. The van der Waals surface area contributed by atoms with Crippen LogP contribution in [0, 0.1) is 0 Å². The van der Waals surface area contributed by atoms with E-state index in [0.29, 0.717) is 0 Å². The Balaban J connectivity index is 2.87. The van der Waals surface area contributed by atoms with Crippen LogP contribution in [0.4, 0.5) is 0 Å². The summed E-state index contributed by atoms with van der Waals surface area (Å²) in [6, 6.07) is -1.17. The molecule has 16 heavy (non-hydrogen) atoms. The molecule has 8 heteroatoms. The zero-order valence-corrected chi connectivity index (χ0v) is 8.29. The Morgan fingerprint density at radius 1 is 1.31 bits per heavy atom. The van der Waals surface area contributed by atoms with E-state index in [1.807, 2.05) is 0 Å². The van der Waals surface area contributed by atoms with E-state index in [-0.39, 0.29) is 13.0 Å². The summed E-state index contributed by atoms with van der Waals surface area (Å²) in [5.74, 6) is -3.82. The van der Waals surface area contributed by atoms with Crippen molar-refractivity contribution in [3.8, 4) is 0 Å². The number of likely N-dealkylation sites (tertiary alicyclic amines) is 1. The van der Waals surface area contributed by atoms with Gasteiger partial charge in [-0.2, -0.15) is 0 Å². The summed E-state index contributed by atoms with van der Waals surface area (Å²) in [5, 5.41) is 26.2. The van der Waals surface area contributed by atoms with Crippen molar-refractivity contribution in [1.29, 1.82) is 0 Å². The molecule has 0 bridgehead atoms. The second kappa shape index (κ2) is 4.06. The highest BCUT2D eigenvalue weighted by atomic mass is 16.4. The number of nitrogens with zero attached hydrogens (tertiary/aromatic N) is 1. The molecule has 1 aliphatic rings. The molecular weight excluding hydrogens is 220 g/mol. The number of carboxylic acids is 3. The van der Waals surface area contributed by atoms with Gasteiger partial charge in [0.1, 0.15) is 11.6 Å². The molecule has 1 saturated heterocycles. The number of nitrogens with two attached hydrogens (primary N) is 1. The van der Waals surface area contributed by atoms with Crippen LogP contribution >= 0.6 is 0 Å². The van der Waals surface area contributed by atoms with E-state index in [1.165, 1.54) is 0 Å². The molecule has 0 aromatic carbocycles. The lowest BCUT2D eigenvalue weighted by Gasteiger charge is -2.19. The normalized spacial score (nSPS) is 30.2. The van der Waals surface area contributed by atoms with Crippen molar-refractivity contribution in [3.63, 3.8) is 0 Å². The van der Waals surface area contributed by atoms with E-state index in [1.54, 1.807) is 0 Å². The highest BCUT2D eigenvalue weighted by Crippen LogP contribution is 2.25. The number of hydrogen-bond acceptors (Lipinski definition) is 5. The number of carbonyl (C=O) groups is 3. The van der Waals surface area contributed by atoms with Gasteiger partial charge in [-0.15, -0.1) is 0 Å². The summed E-state index contributed by atoms with van der Waals surface area (Å²) < 4.78 is 0. The van der Waals surface area contributed by atoms with Gasteiger partial charge in [0.25, 0.3) is 0 Å². The van der Waals surface area contributed by atoms with Crippen LogP contribution in [-0.4, -0.2) is 62.8 Å². The number of aliphatic carboxylic acids is 3. The van der Waals surface area contributed by atoms with Crippen LogP contribution < -0.4 is 5.73 Å².